The summed E-state index contributed by atoms with van der Waals surface area (Å²) in [6, 6.07) is 15.4. The monoisotopic (exact) mass is 428 g/mol. The van der Waals surface area contributed by atoms with Crippen LogP contribution in [0.25, 0.3) is 0 Å². The van der Waals surface area contributed by atoms with Gasteiger partial charge in [-0.3, -0.25) is 9.79 Å². The molecule has 1 amide bonds. The predicted octanol–water partition coefficient (Wildman–Crippen LogP) is 4.10. The van der Waals surface area contributed by atoms with E-state index < -0.39 is 0 Å². The number of rotatable bonds is 6. The lowest BCUT2D eigenvalue weighted by Gasteiger charge is -2.34. The Bertz CT molecular complexity index is 865. The van der Waals surface area contributed by atoms with Crippen LogP contribution >= 0.6 is 11.6 Å². The number of amides is 1. The molecule has 1 aliphatic rings. The Hall–Kier alpha value is -2.73. The number of hydrogen-bond donors (Lipinski definition) is 2. The third-order valence-corrected chi connectivity index (χ3v) is 5.59. The SMILES string of the molecule is CN=C(NCCC(=O)Nc1cccc(Cl)c1C)N1CCC(Oc2ccccc2)CC1. The minimum atomic E-state index is -0.0571. The predicted molar refractivity (Wildman–Crippen MR) is 122 cm³/mol. The fraction of sp³-hybridized carbons (Fsp3) is 0.391. The number of anilines is 1. The average molecular weight is 429 g/mol. The van der Waals surface area contributed by atoms with E-state index in [1.807, 2.05) is 55.5 Å². The van der Waals surface area contributed by atoms with Crippen molar-refractivity contribution in [2.24, 2.45) is 4.99 Å². The standard InChI is InChI=1S/C23H29ClN4O2/c1-17-20(24)9-6-10-21(17)27-22(29)11-14-26-23(25-2)28-15-12-19(13-16-28)30-18-7-4-3-5-8-18/h3-10,19H,11-16H2,1-2H3,(H,25,26)(H,27,29). The van der Waals surface area contributed by atoms with Gasteiger partial charge in [0.25, 0.3) is 0 Å². The third kappa shape index (κ3) is 6.13. The second-order valence-corrected chi connectivity index (χ2v) is 7.71. The van der Waals surface area contributed by atoms with Crippen molar-refractivity contribution in [3.05, 3.63) is 59.1 Å². The zero-order valence-corrected chi connectivity index (χ0v) is 18.3. The van der Waals surface area contributed by atoms with Crippen molar-refractivity contribution in [1.82, 2.24) is 10.2 Å². The number of guanidine groups is 1. The first-order valence-electron chi connectivity index (χ1n) is 10.3. The summed E-state index contributed by atoms with van der Waals surface area (Å²) in [6.07, 6.45) is 2.43. The van der Waals surface area contributed by atoms with Gasteiger partial charge < -0.3 is 20.3 Å². The summed E-state index contributed by atoms with van der Waals surface area (Å²) in [5, 5.41) is 6.86. The second-order valence-electron chi connectivity index (χ2n) is 7.30. The zero-order chi connectivity index (χ0) is 21.3. The van der Waals surface area contributed by atoms with Gasteiger partial charge in [-0.15, -0.1) is 0 Å². The van der Waals surface area contributed by atoms with E-state index in [4.69, 9.17) is 16.3 Å². The Morgan fingerprint density at radius 1 is 1.17 bits per heavy atom. The molecule has 3 rings (SSSR count). The number of nitrogens with one attached hydrogen (secondary N) is 2. The van der Waals surface area contributed by atoms with Gasteiger partial charge in [0.15, 0.2) is 5.96 Å². The van der Waals surface area contributed by atoms with Crippen LogP contribution in [0.3, 0.4) is 0 Å². The van der Waals surface area contributed by atoms with E-state index >= 15 is 0 Å². The molecule has 6 nitrogen and oxygen atoms in total. The molecule has 1 saturated heterocycles. The number of benzene rings is 2. The molecule has 0 spiro atoms. The van der Waals surface area contributed by atoms with E-state index in [0.29, 0.717) is 18.0 Å². The van der Waals surface area contributed by atoms with Crippen LogP contribution in [0.1, 0.15) is 24.8 Å². The van der Waals surface area contributed by atoms with Crippen molar-refractivity contribution < 1.29 is 9.53 Å². The van der Waals surface area contributed by atoms with E-state index in [1.165, 1.54) is 0 Å². The van der Waals surface area contributed by atoms with Gasteiger partial charge in [-0.05, 0) is 36.8 Å². The second kappa shape index (κ2) is 10.9. The summed E-state index contributed by atoms with van der Waals surface area (Å²) in [7, 11) is 1.77. The summed E-state index contributed by atoms with van der Waals surface area (Å²) >= 11 is 6.11. The van der Waals surface area contributed by atoms with Crippen molar-refractivity contribution in [3.8, 4) is 5.75 Å². The van der Waals surface area contributed by atoms with Crippen molar-refractivity contribution >= 4 is 29.2 Å². The summed E-state index contributed by atoms with van der Waals surface area (Å²) < 4.78 is 6.05. The number of para-hydroxylation sites is 1. The molecule has 2 aromatic carbocycles. The highest BCUT2D eigenvalue weighted by Gasteiger charge is 2.22. The van der Waals surface area contributed by atoms with Crippen LogP contribution in [0.2, 0.25) is 5.02 Å². The Balaban J connectivity index is 1.40. The number of likely N-dealkylation sites (tertiary alicyclic amines) is 1. The van der Waals surface area contributed by atoms with Crippen molar-refractivity contribution in [1.29, 1.82) is 0 Å². The molecule has 0 radical (unpaired) electrons. The zero-order valence-electron chi connectivity index (χ0n) is 17.5. The minimum absolute atomic E-state index is 0.0571. The number of halogens is 1. The van der Waals surface area contributed by atoms with Gasteiger partial charge in [0, 0.05) is 56.7 Å². The largest absolute Gasteiger partial charge is 0.490 e. The maximum atomic E-state index is 12.3. The highest BCUT2D eigenvalue weighted by molar-refractivity contribution is 6.31. The van der Waals surface area contributed by atoms with E-state index in [2.05, 4.69) is 20.5 Å². The Morgan fingerprint density at radius 2 is 1.90 bits per heavy atom. The lowest BCUT2D eigenvalue weighted by atomic mass is 10.1. The molecule has 1 heterocycles. The van der Waals surface area contributed by atoms with Crippen LogP contribution in [-0.4, -0.2) is 49.6 Å². The van der Waals surface area contributed by atoms with Crippen LogP contribution in [0, 0.1) is 6.92 Å². The quantitative estimate of drug-likeness (QED) is 0.537. The summed E-state index contributed by atoms with van der Waals surface area (Å²) in [6.45, 7) is 4.14. The highest BCUT2D eigenvalue weighted by atomic mass is 35.5. The molecule has 2 N–H and O–H groups in total. The molecular formula is C23H29ClN4O2. The normalized spacial score (nSPS) is 15.0. The summed E-state index contributed by atoms with van der Waals surface area (Å²) in [5.41, 5.74) is 1.62. The molecule has 0 aromatic heterocycles. The molecule has 0 unspecified atom stereocenters. The molecule has 0 atom stereocenters. The molecular weight excluding hydrogens is 400 g/mol. The third-order valence-electron chi connectivity index (χ3n) is 5.18. The first-order valence-corrected chi connectivity index (χ1v) is 10.7. The fourth-order valence-electron chi connectivity index (χ4n) is 3.45. The maximum Gasteiger partial charge on any atom is 0.226 e. The number of carbonyl (C=O) groups excluding carboxylic acids is 1. The van der Waals surface area contributed by atoms with Crippen LogP contribution < -0.4 is 15.4 Å². The molecule has 0 aliphatic carbocycles. The van der Waals surface area contributed by atoms with Gasteiger partial charge in [0.2, 0.25) is 5.91 Å². The molecule has 30 heavy (non-hydrogen) atoms. The molecule has 2 aromatic rings. The van der Waals surface area contributed by atoms with Crippen LogP contribution in [-0.2, 0) is 4.79 Å². The van der Waals surface area contributed by atoms with Crippen LogP contribution in [0.4, 0.5) is 5.69 Å². The molecule has 7 heteroatoms. The fourth-order valence-corrected chi connectivity index (χ4v) is 3.63. The first kappa shape index (κ1) is 22.0. The van der Waals surface area contributed by atoms with E-state index in [9.17, 15) is 4.79 Å². The average Bonchev–Trinajstić information content (AvgIpc) is 2.76. The van der Waals surface area contributed by atoms with Crippen molar-refractivity contribution in [2.75, 3.05) is 32.0 Å². The number of ether oxygens (including phenoxy) is 1. The summed E-state index contributed by atoms with van der Waals surface area (Å²) in [5.74, 6) is 1.68. The first-order chi connectivity index (χ1) is 14.6. The Morgan fingerprint density at radius 3 is 2.60 bits per heavy atom. The highest BCUT2D eigenvalue weighted by Crippen LogP contribution is 2.23. The number of carbonyl (C=O) groups is 1. The molecule has 1 fully saturated rings. The van der Waals surface area contributed by atoms with Crippen LogP contribution in [0.15, 0.2) is 53.5 Å². The van der Waals surface area contributed by atoms with Gasteiger partial charge in [-0.1, -0.05) is 35.9 Å². The van der Waals surface area contributed by atoms with Crippen molar-refractivity contribution in [2.45, 2.75) is 32.3 Å². The molecule has 1 aliphatic heterocycles. The summed E-state index contributed by atoms with van der Waals surface area (Å²) in [4.78, 5) is 18.9. The number of aliphatic imine (C=N–C) groups is 1. The van der Waals surface area contributed by atoms with Gasteiger partial charge >= 0.3 is 0 Å². The minimum Gasteiger partial charge on any atom is -0.490 e. The smallest absolute Gasteiger partial charge is 0.226 e. The number of hydrogen-bond acceptors (Lipinski definition) is 3. The van der Waals surface area contributed by atoms with Gasteiger partial charge in [0.1, 0.15) is 11.9 Å². The van der Waals surface area contributed by atoms with Crippen LogP contribution in [0.5, 0.6) is 5.75 Å². The van der Waals surface area contributed by atoms with E-state index in [-0.39, 0.29) is 12.0 Å². The van der Waals surface area contributed by atoms with E-state index in [1.54, 1.807) is 7.05 Å². The Labute approximate surface area is 183 Å². The van der Waals surface area contributed by atoms with Gasteiger partial charge in [-0.25, -0.2) is 0 Å². The topological polar surface area (TPSA) is 66.0 Å². The Kier molecular flexibility index (Phi) is 7.97. The molecule has 160 valence electrons. The van der Waals surface area contributed by atoms with Gasteiger partial charge in [0.05, 0.1) is 0 Å². The molecule has 0 bridgehead atoms. The van der Waals surface area contributed by atoms with Crippen molar-refractivity contribution in [3.63, 3.8) is 0 Å². The lowest BCUT2D eigenvalue weighted by molar-refractivity contribution is -0.116. The molecule has 0 saturated carbocycles. The maximum absolute atomic E-state index is 12.3. The number of piperidine rings is 1. The van der Waals surface area contributed by atoms with Gasteiger partial charge in [-0.2, -0.15) is 0 Å². The number of nitrogens with zero attached hydrogens (tertiary/aromatic N) is 2. The van der Waals surface area contributed by atoms with E-state index in [0.717, 1.165) is 48.9 Å². The lowest BCUT2D eigenvalue weighted by Crippen LogP contribution is -2.48.